The maximum Gasteiger partial charge on any atom is 0.147 e. The summed E-state index contributed by atoms with van der Waals surface area (Å²) in [6.45, 7) is 0.599. The van der Waals surface area contributed by atoms with Crippen molar-refractivity contribution in [2.45, 2.75) is 6.54 Å². The number of nitrogens with one attached hydrogen (secondary N) is 1. The van der Waals surface area contributed by atoms with Crippen LogP contribution in [-0.4, -0.2) is 19.3 Å². The molecule has 0 spiro atoms. The molecule has 0 aliphatic carbocycles. The van der Waals surface area contributed by atoms with Gasteiger partial charge in [-0.2, -0.15) is 4.37 Å². The van der Waals surface area contributed by atoms with Gasteiger partial charge < -0.3 is 11.1 Å². The summed E-state index contributed by atoms with van der Waals surface area (Å²) in [4.78, 5) is 12.1. The topological polar surface area (TPSA) is 89.6 Å². The molecule has 0 fully saturated rings. The van der Waals surface area contributed by atoms with Crippen LogP contribution in [0.2, 0.25) is 0 Å². The molecule has 3 aromatic rings. The average Bonchev–Trinajstić information content (AvgIpc) is 2.88. The fourth-order valence-corrected chi connectivity index (χ4v) is 2.55. The summed E-state index contributed by atoms with van der Waals surface area (Å²) in [5.41, 5.74) is 8.77. The molecular weight excluding hydrogens is 272 g/mol. The number of rotatable bonds is 4. The number of nitrogen functional groups attached to an aromatic ring is 1. The zero-order valence-corrected chi connectivity index (χ0v) is 11.3. The van der Waals surface area contributed by atoms with Crippen molar-refractivity contribution in [2.75, 3.05) is 11.1 Å². The summed E-state index contributed by atoms with van der Waals surface area (Å²) < 4.78 is 4.21. The number of hydrogen-bond donors (Lipinski definition) is 2. The van der Waals surface area contributed by atoms with Gasteiger partial charge in [-0.15, -0.1) is 0 Å². The highest BCUT2D eigenvalue weighted by Gasteiger charge is 2.13. The second-order valence-electron chi connectivity index (χ2n) is 4.06. The highest BCUT2D eigenvalue weighted by atomic mass is 32.1. The summed E-state index contributed by atoms with van der Waals surface area (Å²) in [7, 11) is 0. The highest BCUT2D eigenvalue weighted by molar-refractivity contribution is 7.11. The first kappa shape index (κ1) is 12.5. The Balaban J connectivity index is 1.85. The van der Waals surface area contributed by atoms with Crippen LogP contribution >= 0.6 is 11.5 Å². The summed E-state index contributed by atoms with van der Waals surface area (Å²) in [6.07, 6.45) is 6.72. The Morgan fingerprint density at radius 3 is 2.65 bits per heavy atom. The lowest BCUT2D eigenvalue weighted by Crippen LogP contribution is -2.01. The molecule has 0 aliphatic heterocycles. The molecule has 0 unspecified atom stereocenters. The van der Waals surface area contributed by atoms with Gasteiger partial charge in [-0.1, -0.05) is 0 Å². The minimum Gasteiger partial charge on any atom is -0.382 e. The van der Waals surface area contributed by atoms with Crippen LogP contribution in [0.3, 0.4) is 0 Å². The molecular formula is C13H12N6S. The molecule has 3 aromatic heterocycles. The van der Waals surface area contributed by atoms with E-state index in [1.54, 1.807) is 18.6 Å². The van der Waals surface area contributed by atoms with Crippen molar-refractivity contribution in [3.8, 4) is 11.1 Å². The van der Waals surface area contributed by atoms with Gasteiger partial charge in [0.05, 0.1) is 17.8 Å². The summed E-state index contributed by atoms with van der Waals surface area (Å²) in [5.74, 6) is 0.520. The molecule has 7 heteroatoms. The normalized spacial score (nSPS) is 10.4. The number of nitrogens with zero attached hydrogens (tertiary/aromatic N) is 4. The van der Waals surface area contributed by atoms with Crippen LogP contribution in [0.4, 0.5) is 10.8 Å². The number of aromatic nitrogens is 4. The van der Waals surface area contributed by atoms with E-state index >= 15 is 0 Å². The second-order valence-corrected chi connectivity index (χ2v) is 4.84. The molecule has 3 N–H and O–H groups in total. The third-order valence-corrected chi connectivity index (χ3v) is 3.58. The van der Waals surface area contributed by atoms with Crippen LogP contribution < -0.4 is 11.1 Å². The average molecular weight is 284 g/mol. The van der Waals surface area contributed by atoms with E-state index in [4.69, 9.17) is 5.73 Å². The molecule has 0 amide bonds. The van der Waals surface area contributed by atoms with Crippen LogP contribution in [0, 0.1) is 0 Å². The van der Waals surface area contributed by atoms with Gasteiger partial charge in [-0.25, -0.2) is 9.97 Å². The molecule has 0 radical (unpaired) electrons. The van der Waals surface area contributed by atoms with Crippen molar-refractivity contribution in [3.05, 3.63) is 48.8 Å². The van der Waals surface area contributed by atoms with E-state index in [0.717, 1.165) is 21.8 Å². The molecule has 100 valence electrons. The maximum absolute atomic E-state index is 5.96. The zero-order chi connectivity index (χ0) is 13.8. The van der Waals surface area contributed by atoms with E-state index < -0.39 is 0 Å². The molecule has 0 atom stereocenters. The van der Waals surface area contributed by atoms with Crippen molar-refractivity contribution in [1.82, 2.24) is 19.3 Å². The monoisotopic (exact) mass is 284 g/mol. The van der Waals surface area contributed by atoms with Crippen LogP contribution in [0.1, 0.15) is 5.69 Å². The Morgan fingerprint density at radius 1 is 1.10 bits per heavy atom. The van der Waals surface area contributed by atoms with Gasteiger partial charge in [-0.3, -0.25) is 4.98 Å². The zero-order valence-electron chi connectivity index (χ0n) is 10.5. The maximum atomic E-state index is 5.96. The fraction of sp³-hybridized carbons (Fsp3) is 0.0769. The fourth-order valence-electron chi connectivity index (χ4n) is 1.81. The molecule has 0 aromatic carbocycles. The van der Waals surface area contributed by atoms with Gasteiger partial charge in [0.15, 0.2) is 0 Å². The summed E-state index contributed by atoms with van der Waals surface area (Å²) >= 11 is 1.34. The SMILES string of the molecule is Nc1nsc(NCc2ccncn2)c1-c1ccncc1. The first-order chi connectivity index (χ1) is 9.84. The molecule has 20 heavy (non-hydrogen) atoms. The molecule has 0 aliphatic rings. The van der Waals surface area contributed by atoms with Gasteiger partial charge in [-0.05, 0) is 35.3 Å². The Bertz CT molecular complexity index is 683. The molecule has 0 saturated heterocycles. The van der Waals surface area contributed by atoms with Crippen LogP contribution in [-0.2, 0) is 6.54 Å². The Morgan fingerprint density at radius 2 is 1.90 bits per heavy atom. The van der Waals surface area contributed by atoms with Gasteiger partial charge in [0.2, 0.25) is 0 Å². The molecule has 0 saturated carbocycles. The second kappa shape index (κ2) is 5.62. The molecule has 3 rings (SSSR count). The van der Waals surface area contributed by atoms with Gasteiger partial charge in [0.25, 0.3) is 0 Å². The van der Waals surface area contributed by atoms with Crippen LogP contribution in [0.25, 0.3) is 11.1 Å². The van der Waals surface area contributed by atoms with Crippen molar-refractivity contribution in [3.63, 3.8) is 0 Å². The highest BCUT2D eigenvalue weighted by Crippen LogP contribution is 2.36. The van der Waals surface area contributed by atoms with Crippen molar-refractivity contribution in [1.29, 1.82) is 0 Å². The molecule has 0 bridgehead atoms. The lowest BCUT2D eigenvalue weighted by Gasteiger charge is -2.06. The van der Waals surface area contributed by atoms with E-state index in [0.29, 0.717) is 12.4 Å². The minimum atomic E-state index is 0.520. The number of nitrogens with two attached hydrogens (primary N) is 1. The van der Waals surface area contributed by atoms with Crippen LogP contribution in [0.15, 0.2) is 43.1 Å². The van der Waals surface area contributed by atoms with E-state index in [9.17, 15) is 0 Å². The van der Waals surface area contributed by atoms with Crippen LogP contribution in [0.5, 0.6) is 0 Å². The molecule has 3 heterocycles. The number of pyridine rings is 1. The molecule has 6 nitrogen and oxygen atoms in total. The predicted molar refractivity (Wildman–Crippen MR) is 79.1 cm³/mol. The quantitative estimate of drug-likeness (QED) is 0.763. The first-order valence-corrected chi connectivity index (χ1v) is 6.76. The summed E-state index contributed by atoms with van der Waals surface area (Å²) in [5, 5.41) is 4.24. The van der Waals surface area contributed by atoms with Gasteiger partial charge in [0.1, 0.15) is 17.1 Å². The minimum absolute atomic E-state index is 0.520. The lowest BCUT2D eigenvalue weighted by atomic mass is 10.1. The third-order valence-electron chi connectivity index (χ3n) is 2.76. The predicted octanol–water partition coefficient (Wildman–Crippen LogP) is 2.19. The Kier molecular flexibility index (Phi) is 3.51. The Hall–Kier alpha value is -2.54. The van der Waals surface area contributed by atoms with E-state index in [2.05, 4.69) is 24.6 Å². The Labute approximate surface area is 119 Å². The van der Waals surface area contributed by atoms with E-state index in [1.165, 1.54) is 17.9 Å². The largest absolute Gasteiger partial charge is 0.382 e. The summed E-state index contributed by atoms with van der Waals surface area (Å²) in [6, 6.07) is 5.69. The van der Waals surface area contributed by atoms with E-state index in [-0.39, 0.29) is 0 Å². The van der Waals surface area contributed by atoms with Gasteiger partial charge in [0, 0.05) is 18.6 Å². The van der Waals surface area contributed by atoms with Crippen molar-refractivity contribution in [2.24, 2.45) is 0 Å². The standard InChI is InChI=1S/C13H12N6S/c14-12-11(9-1-4-15-5-2-9)13(20-19-12)17-7-10-3-6-16-8-18-10/h1-6,8,17H,7H2,(H2,14,19). The van der Waals surface area contributed by atoms with E-state index in [1.807, 2.05) is 18.2 Å². The lowest BCUT2D eigenvalue weighted by molar-refractivity contribution is 1.01. The first-order valence-electron chi connectivity index (χ1n) is 5.99. The smallest absolute Gasteiger partial charge is 0.147 e. The van der Waals surface area contributed by atoms with Crippen molar-refractivity contribution >= 4 is 22.4 Å². The third kappa shape index (κ3) is 2.57. The number of hydrogen-bond acceptors (Lipinski definition) is 7. The van der Waals surface area contributed by atoms with Gasteiger partial charge >= 0.3 is 0 Å². The number of anilines is 2. The van der Waals surface area contributed by atoms with Crippen molar-refractivity contribution < 1.29 is 0 Å².